The van der Waals surface area contributed by atoms with Crippen molar-refractivity contribution in [3.63, 3.8) is 0 Å². The van der Waals surface area contributed by atoms with E-state index < -0.39 is 0 Å². The van der Waals surface area contributed by atoms with Gasteiger partial charge in [0, 0.05) is 39.5 Å². The smallest absolute Gasteiger partial charge is 0.165 e. The van der Waals surface area contributed by atoms with Crippen LogP contribution >= 0.6 is 0 Å². The summed E-state index contributed by atoms with van der Waals surface area (Å²) in [4.78, 5) is 18.3. The number of aromatic nitrogens is 5. The first-order valence-corrected chi connectivity index (χ1v) is 12.1. The zero-order valence-corrected chi connectivity index (χ0v) is 19.9. The molecule has 5 heterocycles. The third-order valence-electron chi connectivity index (χ3n) is 7.48. The number of nitrogens with zero attached hydrogens (tertiary/aromatic N) is 4. The van der Waals surface area contributed by atoms with Crippen molar-refractivity contribution in [1.82, 2.24) is 24.3 Å². The number of imidazole rings is 1. The molecule has 5 heteroatoms. The lowest BCUT2D eigenvalue weighted by molar-refractivity contribution is 1.24. The summed E-state index contributed by atoms with van der Waals surface area (Å²) in [5, 5.41) is 4.58. The van der Waals surface area contributed by atoms with Crippen LogP contribution in [0.5, 0.6) is 0 Å². The number of aromatic amines is 1. The zero-order valence-electron chi connectivity index (χ0n) is 19.9. The Morgan fingerprint density at radius 1 is 0.694 bits per heavy atom. The van der Waals surface area contributed by atoms with Gasteiger partial charge in [-0.05, 0) is 78.6 Å². The highest BCUT2D eigenvalue weighted by Crippen LogP contribution is 2.39. The average Bonchev–Trinajstić information content (AvgIpc) is 3.47. The summed E-state index contributed by atoms with van der Waals surface area (Å²) in [6.45, 7) is 4.37. The van der Waals surface area contributed by atoms with Crippen molar-refractivity contribution in [2.24, 2.45) is 0 Å². The van der Waals surface area contributed by atoms with Crippen LogP contribution in [0.2, 0.25) is 0 Å². The summed E-state index contributed by atoms with van der Waals surface area (Å²) >= 11 is 0. The second kappa shape index (κ2) is 6.89. The first-order valence-electron chi connectivity index (χ1n) is 12.1. The largest absolute Gasteiger partial charge is 0.354 e. The minimum absolute atomic E-state index is 0.850. The van der Waals surface area contributed by atoms with Crippen LogP contribution in [0, 0.1) is 13.8 Å². The van der Waals surface area contributed by atoms with Crippen LogP contribution in [0.25, 0.3) is 71.5 Å². The van der Waals surface area contributed by atoms with E-state index in [1.807, 2.05) is 30.6 Å². The van der Waals surface area contributed by atoms with Gasteiger partial charge in [0.1, 0.15) is 11.2 Å². The van der Waals surface area contributed by atoms with Crippen LogP contribution in [0.4, 0.5) is 0 Å². The molecule has 8 rings (SSSR count). The van der Waals surface area contributed by atoms with Crippen molar-refractivity contribution >= 4 is 60.4 Å². The number of rotatable bonds is 1. The molecule has 8 aromatic rings. The van der Waals surface area contributed by atoms with E-state index in [0.29, 0.717) is 0 Å². The molecule has 0 atom stereocenters. The van der Waals surface area contributed by atoms with Crippen molar-refractivity contribution in [3.05, 3.63) is 96.3 Å². The van der Waals surface area contributed by atoms with Crippen LogP contribution < -0.4 is 0 Å². The number of nitrogens with one attached hydrogen (secondary N) is 1. The van der Waals surface area contributed by atoms with Gasteiger partial charge in [-0.2, -0.15) is 0 Å². The minimum atomic E-state index is 0.850. The monoisotopic (exact) mass is 463 g/mol. The molecule has 5 aromatic heterocycles. The zero-order chi connectivity index (χ0) is 24.0. The Labute approximate surface area is 206 Å². The van der Waals surface area contributed by atoms with Crippen molar-refractivity contribution in [2.45, 2.75) is 13.8 Å². The van der Waals surface area contributed by atoms with Gasteiger partial charge in [0.25, 0.3) is 0 Å². The fourth-order valence-corrected chi connectivity index (χ4v) is 5.81. The molecule has 0 aliphatic rings. The molecule has 0 saturated heterocycles. The van der Waals surface area contributed by atoms with Gasteiger partial charge in [0.15, 0.2) is 5.65 Å². The lowest BCUT2D eigenvalue weighted by atomic mass is 9.95. The molecule has 0 aliphatic heterocycles. The molecule has 36 heavy (non-hydrogen) atoms. The molecule has 0 amide bonds. The normalized spacial score (nSPS) is 12.2. The summed E-state index contributed by atoms with van der Waals surface area (Å²) in [6, 6.07) is 25.6. The topological polar surface area (TPSA) is 58.9 Å². The second-order valence-corrected chi connectivity index (χ2v) is 9.55. The van der Waals surface area contributed by atoms with Gasteiger partial charge in [-0.25, -0.2) is 9.97 Å². The summed E-state index contributed by atoms with van der Waals surface area (Å²) in [5.74, 6) is 0. The molecule has 0 saturated carbocycles. The van der Waals surface area contributed by atoms with Gasteiger partial charge in [-0.1, -0.05) is 30.3 Å². The van der Waals surface area contributed by atoms with Crippen molar-refractivity contribution < 1.29 is 0 Å². The summed E-state index contributed by atoms with van der Waals surface area (Å²) in [5.41, 5.74) is 11.9. The van der Waals surface area contributed by atoms with Gasteiger partial charge in [0.05, 0.1) is 16.6 Å². The van der Waals surface area contributed by atoms with Crippen LogP contribution in [0.15, 0.2) is 85.2 Å². The van der Waals surface area contributed by atoms with Gasteiger partial charge in [-0.3, -0.25) is 9.38 Å². The summed E-state index contributed by atoms with van der Waals surface area (Å²) in [7, 11) is 0. The lowest BCUT2D eigenvalue weighted by Crippen LogP contribution is -1.94. The molecule has 0 fully saturated rings. The highest BCUT2D eigenvalue weighted by atomic mass is 15.1. The number of hydrogen-bond acceptors (Lipinski definition) is 3. The molecule has 5 nitrogen and oxygen atoms in total. The Morgan fingerprint density at radius 3 is 2.44 bits per heavy atom. The molecular weight excluding hydrogens is 442 g/mol. The Kier molecular flexibility index (Phi) is 3.74. The SMILES string of the molecule is Cc1ccccc1-c1cc2[nH]c3c(ccc4c3c3ncccc3n3c5ncccc5nc43)c2cc1C. The van der Waals surface area contributed by atoms with Gasteiger partial charge in [0.2, 0.25) is 0 Å². The molecule has 0 radical (unpaired) electrons. The van der Waals surface area contributed by atoms with E-state index in [-0.39, 0.29) is 0 Å². The molecule has 0 spiro atoms. The predicted octanol–water partition coefficient (Wildman–Crippen LogP) is 7.50. The van der Waals surface area contributed by atoms with Crippen molar-refractivity contribution in [1.29, 1.82) is 0 Å². The fourth-order valence-electron chi connectivity index (χ4n) is 5.81. The standard InChI is InChI=1S/C31H21N5/c1-17-7-3-4-8-19(17)22-16-25-23(15-18(22)2)20-11-12-21-27(28(20)34-25)29-26(10-6-13-32-29)36-30(21)35-24-9-5-14-33-31(24)36/h3-16,34H,1-2H3. The van der Waals surface area contributed by atoms with Gasteiger partial charge < -0.3 is 4.98 Å². The Balaban J connectivity index is 1.55. The Hall–Kier alpha value is -4.77. The van der Waals surface area contributed by atoms with E-state index in [1.54, 1.807) is 0 Å². The highest BCUT2D eigenvalue weighted by Gasteiger charge is 2.19. The van der Waals surface area contributed by atoms with Crippen molar-refractivity contribution in [3.8, 4) is 11.1 Å². The molecule has 0 aliphatic carbocycles. The number of hydrogen-bond donors (Lipinski definition) is 1. The molecule has 3 aromatic carbocycles. The van der Waals surface area contributed by atoms with E-state index in [9.17, 15) is 0 Å². The third-order valence-corrected chi connectivity index (χ3v) is 7.48. The van der Waals surface area contributed by atoms with E-state index in [0.717, 1.165) is 49.7 Å². The van der Waals surface area contributed by atoms with Crippen molar-refractivity contribution in [2.75, 3.05) is 0 Å². The van der Waals surface area contributed by atoms with E-state index in [4.69, 9.17) is 9.97 Å². The van der Waals surface area contributed by atoms with E-state index in [1.165, 1.54) is 33.0 Å². The average molecular weight is 464 g/mol. The maximum Gasteiger partial charge on any atom is 0.165 e. The molecule has 170 valence electrons. The minimum Gasteiger partial charge on any atom is -0.354 e. The van der Waals surface area contributed by atoms with Crippen LogP contribution in [-0.4, -0.2) is 24.3 Å². The van der Waals surface area contributed by atoms with E-state index >= 15 is 0 Å². The number of pyridine rings is 3. The lowest BCUT2D eigenvalue weighted by Gasteiger charge is -2.10. The quantitative estimate of drug-likeness (QED) is 0.256. The Bertz CT molecular complexity index is 2180. The highest BCUT2D eigenvalue weighted by molar-refractivity contribution is 6.26. The second-order valence-electron chi connectivity index (χ2n) is 9.55. The number of fused-ring (bicyclic) bond motifs is 12. The van der Waals surface area contributed by atoms with Gasteiger partial charge in [-0.15, -0.1) is 0 Å². The first-order chi connectivity index (χ1) is 17.7. The maximum atomic E-state index is 4.99. The van der Waals surface area contributed by atoms with E-state index in [2.05, 4.69) is 82.8 Å². The number of aryl methyl sites for hydroxylation is 2. The van der Waals surface area contributed by atoms with Crippen LogP contribution in [0.3, 0.4) is 0 Å². The fraction of sp³-hybridized carbons (Fsp3) is 0.0645. The number of H-pyrrole nitrogens is 1. The maximum absolute atomic E-state index is 4.99. The van der Waals surface area contributed by atoms with Gasteiger partial charge >= 0.3 is 0 Å². The third kappa shape index (κ3) is 2.46. The summed E-state index contributed by atoms with van der Waals surface area (Å²) in [6.07, 6.45) is 3.68. The van der Waals surface area contributed by atoms with Crippen LogP contribution in [0.1, 0.15) is 11.1 Å². The summed E-state index contributed by atoms with van der Waals surface area (Å²) < 4.78 is 2.13. The molecule has 0 bridgehead atoms. The molecular formula is C31H21N5. The Morgan fingerprint density at radius 2 is 1.53 bits per heavy atom. The predicted molar refractivity (Wildman–Crippen MR) is 148 cm³/mol. The van der Waals surface area contributed by atoms with Crippen LogP contribution in [-0.2, 0) is 0 Å². The molecule has 1 N–H and O–H groups in total. The molecule has 0 unspecified atom stereocenters. The first kappa shape index (κ1) is 19.5. The number of benzene rings is 3.